The Balaban J connectivity index is 4.24. The van der Waals surface area contributed by atoms with Gasteiger partial charge in [0, 0.05) is 12.8 Å². The molecular weight excluding hydrogens is 911 g/mol. The second-order valence-corrected chi connectivity index (χ2v) is 20.9. The van der Waals surface area contributed by atoms with Gasteiger partial charge in [0.2, 0.25) is 0 Å². The van der Waals surface area contributed by atoms with E-state index in [9.17, 15) is 19.5 Å². The lowest BCUT2D eigenvalue weighted by molar-refractivity contribution is -0.870. The van der Waals surface area contributed by atoms with Crippen molar-refractivity contribution in [2.45, 2.75) is 257 Å². The zero-order chi connectivity index (χ0) is 53.4. The number of hydrogen-bond donors (Lipinski definition) is 1. The Hall–Kier alpha value is -3.53. The normalized spacial score (nSPS) is 13.4. The Kier molecular flexibility index (Phi) is 52.1. The maximum absolute atomic E-state index is 12.9. The number of unbranched alkanes of at least 4 members (excludes halogenated alkanes) is 25. The van der Waals surface area contributed by atoms with Crippen LogP contribution in [-0.4, -0.2) is 87.4 Å². The number of nitrogens with zero attached hydrogens (tertiary/aromatic N) is 1. The molecule has 0 radical (unpaired) electrons. The molecule has 1 N–H and O–H groups in total. The second-order valence-electron chi connectivity index (χ2n) is 20.9. The molecular formula is C64H112NO8+. The minimum atomic E-state index is -1.52. The van der Waals surface area contributed by atoms with E-state index in [-0.39, 0.29) is 32.2 Å². The lowest BCUT2D eigenvalue weighted by atomic mass is 10.0. The van der Waals surface area contributed by atoms with Crippen LogP contribution in [-0.2, 0) is 33.3 Å². The first kappa shape index (κ1) is 69.5. The van der Waals surface area contributed by atoms with Crippen LogP contribution in [0.15, 0.2) is 85.1 Å². The van der Waals surface area contributed by atoms with Crippen LogP contribution in [0, 0.1) is 0 Å². The van der Waals surface area contributed by atoms with Crippen molar-refractivity contribution in [1.29, 1.82) is 0 Å². The maximum atomic E-state index is 12.9. The summed E-state index contributed by atoms with van der Waals surface area (Å²) in [6.45, 7) is 4.76. The SMILES string of the molecule is CC/C=C\C/C=C\C/C=C\C/C=C\C/C=C\C/C=C\CCCCCCCCCCCCC(=O)OC(COC(=O)CCCCCCCCCCC/C=C\CCCCCCCC)COC(OCC[N+](C)(C)C)C(=O)O. The number of rotatable bonds is 54. The fourth-order valence-electron chi connectivity index (χ4n) is 8.07. The van der Waals surface area contributed by atoms with Gasteiger partial charge in [0.05, 0.1) is 34.4 Å². The minimum absolute atomic E-state index is 0.183. The Bertz CT molecular complexity index is 1470. The third-order valence-electron chi connectivity index (χ3n) is 12.6. The highest BCUT2D eigenvalue weighted by atomic mass is 16.7. The number of esters is 2. The first-order chi connectivity index (χ1) is 35.6. The van der Waals surface area contributed by atoms with Gasteiger partial charge in [0.1, 0.15) is 13.2 Å². The number of aliphatic carboxylic acids is 1. The van der Waals surface area contributed by atoms with E-state index in [1.54, 1.807) is 0 Å². The van der Waals surface area contributed by atoms with Crippen molar-refractivity contribution < 1.29 is 42.9 Å². The summed E-state index contributed by atoms with van der Waals surface area (Å²) in [5.41, 5.74) is 0. The zero-order valence-corrected chi connectivity index (χ0v) is 47.8. The number of allylic oxidation sites excluding steroid dienone is 14. The standard InChI is InChI=1S/C64H111NO8/c1-6-8-10-12-14-16-18-20-22-24-26-27-28-29-30-31-32-33-34-35-37-39-41-43-45-47-49-51-53-55-62(67)73-60(59-72-64(63(68)69)70-57-56-65(3,4)5)58-71-61(66)54-52-50-48-46-44-42-40-38-36-25-23-21-19-17-15-13-11-9-7-2/h8,10,14,16,20-23,26-27,29-30,32-33,60,64H,6-7,9,11-13,15,17-19,24-25,28,31,34-59H2,1-5H3/p+1/b10-8-,16-14-,22-20-,23-21-,27-26-,30-29-,33-32-. The zero-order valence-electron chi connectivity index (χ0n) is 47.8. The van der Waals surface area contributed by atoms with Gasteiger partial charge in [0.15, 0.2) is 6.10 Å². The number of quaternary nitrogens is 1. The Morgan fingerprint density at radius 3 is 1.18 bits per heavy atom. The van der Waals surface area contributed by atoms with E-state index in [0.717, 1.165) is 83.5 Å². The molecule has 73 heavy (non-hydrogen) atoms. The molecule has 0 aliphatic carbocycles. The number of carboxylic acid groups (broad SMARTS) is 1. The highest BCUT2D eigenvalue weighted by Crippen LogP contribution is 2.16. The van der Waals surface area contributed by atoms with Crippen LogP contribution >= 0.6 is 0 Å². The largest absolute Gasteiger partial charge is 0.477 e. The molecule has 0 amide bonds. The fourth-order valence-corrected chi connectivity index (χ4v) is 8.07. The number of hydrogen-bond acceptors (Lipinski definition) is 7. The first-order valence-electron chi connectivity index (χ1n) is 29.8. The van der Waals surface area contributed by atoms with E-state index in [1.165, 1.54) is 128 Å². The topological polar surface area (TPSA) is 108 Å². The summed E-state index contributed by atoms with van der Waals surface area (Å²) in [5, 5.41) is 9.71. The number of carboxylic acids is 1. The van der Waals surface area contributed by atoms with Crippen LogP contribution in [0.1, 0.15) is 245 Å². The Morgan fingerprint density at radius 1 is 0.425 bits per heavy atom. The molecule has 0 fully saturated rings. The van der Waals surface area contributed by atoms with Gasteiger partial charge in [-0.1, -0.05) is 227 Å². The van der Waals surface area contributed by atoms with Crippen LogP contribution in [0.5, 0.6) is 0 Å². The van der Waals surface area contributed by atoms with Crippen molar-refractivity contribution in [3.63, 3.8) is 0 Å². The van der Waals surface area contributed by atoms with E-state index < -0.39 is 24.3 Å². The predicted molar refractivity (Wildman–Crippen MR) is 309 cm³/mol. The van der Waals surface area contributed by atoms with Crippen LogP contribution in [0.3, 0.4) is 0 Å². The van der Waals surface area contributed by atoms with Gasteiger partial charge < -0.3 is 28.5 Å². The highest BCUT2D eigenvalue weighted by molar-refractivity contribution is 5.71. The molecule has 0 rings (SSSR count). The third-order valence-corrected chi connectivity index (χ3v) is 12.6. The molecule has 420 valence electrons. The van der Waals surface area contributed by atoms with Gasteiger partial charge in [-0.25, -0.2) is 4.79 Å². The number of likely N-dealkylation sites (N-methyl/N-ethyl adjacent to an activating group) is 1. The van der Waals surface area contributed by atoms with Gasteiger partial charge in [-0.2, -0.15) is 0 Å². The minimum Gasteiger partial charge on any atom is -0.477 e. The van der Waals surface area contributed by atoms with Crippen molar-refractivity contribution in [3.05, 3.63) is 85.1 Å². The molecule has 0 aliphatic heterocycles. The van der Waals surface area contributed by atoms with Crippen LogP contribution in [0.2, 0.25) is 0 Å². The summed E-state index contributed by atoms with van der Waals surface area (Å²) in [5.74, 6) is -2.01. The van der Waals surface area contributed by atoms with Crippen molar-refractivity contribution >= 4 is 17.9 Å². The third kappa shape index (κ3) is 56.0. The smallest absolute Gasteiger partial charge is 0.361 e. The average molecular weight is 1020 g/mol. The van der Waals surface area contributed by atoms with Gasteiger partial charge >= 0.3 is 17.9 Å². The van der Waals surface area contributed by atoms with E-state index in [4.69, 9.17) is 18.9 Å². The Morgan fingerprint density at radius 2 is 0.781 bits per heavy atom. The molecule has 0 saturated heterocycles. The summed E-state index contributed by atoms with van der Waals surface area (Å²) >= 11 is 0. The summed E-state index contributed by atoms with van der Waals surface area (Å²) in [6, 6.07) is 0. The van der Waals surface area contributed by atoms with E-state index in [0.29, 0.717) is 23.9 Å². The molecule has 2 atom stereocenters. The second kappa shape index (κ2) is 54.7. The van der Waals surface area contributed by atoms with E-state index in [2.05, 4.69) is 98.9 Å². The summed E-state index contributed by atoms with van der Waals surface area (Å²) < 4.78 is 22.9. The van der Waals surface area contributed by atoms with Crippen molar-refractivity contribution in [2.75, 3.05) is 47.5 Å². The molecule has 9 nitrogen and oxygen atoms in total. The first-order valence-corrected chi connectivity index (χ1v) is 29.8. The predicted octanol–water partition coefficient (Wildman–Crippen LogP) is 17.6. The van der Waals surface area contributed by atoms with Crippen LogP contribution in [0.4, 0.5) is 0 Å². The quantitative estimate of drug-likeness (QED) is 0.0211. The molecule has 0 bridgehead atoms. The summed E-state index contributed by atoms with van der Waals surface area (Å²) in [4.78, 5) is 37.4. The lowest BCUT2D eigenvalue weighted by Crippen LogP contribution is -2.40. The van der Waals surface area contributed by atoms with Gasteiger partial charge in [0.25, 0.3) is 6.29 Å². The Labute approximate surface area is 449 Å². The molecule has 2 unspecified atom stereocenters. The molecule has 0 aromatic heterocycles. The molecule has 0 saturated carbocycles. The van der Waals surface area contributed by atoms with Crippen molar-refractivity contribution in [2.24, 2.45) is 0 Å². The summed E-state index contributed by atoms with van der Waals surface area (Å²) in [7, 11) is 5.96. The fraction of sp³-hybridized carbons (Fsp3) is 0.734. The molecule has 0 heterocycles. The van der Waals surface area contributed by atoms with Gasteiger partial charge in [-0.15, -0.1) is 0 Å². The van der Waals surface area contributed by atoms with Crippen molar-refractivity contribution in [1.82, 2.24) is 0 Å². The monoisotopic (exact) mass is 1020 g/mol. The molecule has 0 aromatic rings. The summed E-state index contributed by atoms with van der Waals surface area (Å²) in [6.07, 6.45) is 69.4. The molecule has 0 spiro atoms. The molecule has 0 aliphatic rings. The van der Waals surface area contributed by atoms with E-state index >= 15 is 0 Å². The van der Waals surface area contributed by atoms with Crippen LogP contribution < -0.4 is 0 Å². The van der Waals surface area contributed by atoms with Crippen LogP contribution in [0.25, 0.3) is 0 Å². The van der Waals surface area contributed by atoms with Crippen molar-refractivity contribution in [3.8, 4) is 0 Å². The number of carbonyl (C=O) groups excluding carboxylic acids is 2. The maximum Gasteiger partial charge on any atom is 0.361 e. The lowest BCUT2D eigenvalue weighted by Gasteiger charge is -2.25. The number of carbonyl (C=O) groups is 3. The molecule has 0 aromatic carbocycles. The number of ether oxygens (including phenoxy) is 4. The van der Waals surface area contributed by atoms with Gasteiger partial charge in [-0.05, 0) is 89.9 Å². The van der Waals surface area contributed by atoms with Gasteiger partial charge in [-0.3, -0.25) is 9.59 Å². The highest BCUT2D eigenvalue weighted by Gasteiger charge is 2.25. The molecule has 9 heteroatoms. The average Bonchev–Trinajstić information content (AvgIpc) is 3.36. The van der Waals surface area contributed by atoms with E-state index in [1.807, 2.05) is 21.1 Å².